The number of halogens is 2. The molecule has 0 saturated heterocycles. The third-order valence-electron chi connectivity index (χ3n) is 1.97. The van der Waals surface area contributed by atoms with Crippen molar-refractivity contribution >= 4 is 22.9 Å². The summed E-state index contributed by atoms with van der Waals surface area (Å²) in [5.41, 5.74) is 1.47. The van der Waals surface area contributed by atoms with E-state index < -0.39 is 0 Å². The zero-order chi connectivity index (χ0) is 10.1. The standard InChI is InChI=1S/C11H8ClFS/c1-7-4-8(6-14-7)10-5-9(12)2-3-11(10)13/h2-6H,1H3. The van der Waals surface area contributed by atoms with Crippen molar-refractivity contribution in [2.45, 2.75) is 6.92 Å². The van der Waals surface area contributed by atoms with E-state index in [4.69, 9.17) is 11.6 Å². The van der Waals surface area contributed by atoms with Crippen molar-refractivity contribution in [3.8, 4) is 11.1 Å². The monoisotopic (exact) mass is 226 g/mol. The Labute approximate surface area is 91.0 Å². The number of aryl methyl sites for hydroxylation is 1. The summed E-state index contributed by atoms with van der Waals surface area (Å²) in [5, 5.41) is 2.50. The largest absolute Gasteiger partial charge is 0.206 e. The second kappa shape index (κ2) is 3.71. The van der Waals surface area contributed by atoms with Gasteiger partial charge in [-0.1, -0.05) is 11.6 Å². The van der Waals surface area contributed by atoms with Crippen molar-refractivity contribution in [1.82, 2.24) is 0 Å². The Morgan fingerprint density at radius 3 is 2.71 bits per heavy atom. The molecule has 1 heterocycles. The molecule has 2 rings (SSSR count). The van der Waals surface area contributed by atoms with Gasteiger partial charge in [0, 0.05) is 15.5 Å². The lowest BCUT2D eigenvalue weighted by Gasteiger charge is -2.00. The molecule has 0 nitrogen and oxygen atoms in total. The Kier molecular flexibility index (Phi) is 2.57. The number of rotatable bonds is 1. The number of thiophene rings is 1. The maximum absolute atomic E-state index is 13.4. The Hall–Kier alpha value is -0.860. The van der Waals surface area contributed by atoms with Crippen molar-refractivity contribution in [3.63, 3.8) is 0 Å². The molecule has 14 heavy (non-hydrogen) atoms. The Morgan fingerprint density at radius 1 is 1.29 bits per heavy atom. The van der Waals surface area contributed by atoms with E-state index in [1.165, 1.54) is 10.9 Å². The molecule has 0 saturated carbocycles. The molecule has 0 N–H and O–H groups in total. The van der Waals surface area contributed by atoms with Crippen LogP contribution in [0.1, 0.15) is 4.88 Å². The minimum Gasteiger partial charge on any atom is -0.206 e. The van der Waals surface area contributed by atoms with E-state index in [1.807, 2.05) is 18.4 Å². The normalized spacial score (nSPS) is 10.5. The highest BCUT2D eigenvalue weighted by Gasteiger charge is 2.06. The minimum atomic E-state index is -0.229. The van der Waals surface area contributed by atoms with Gasteiger partial charge in [-0.2, -0.15) is 0 Å². The molecule has 0 aliphatic rings. The van der Waals surface area contributed by atoms with Crippen molar-refractivity contribution < 1.29 is 4.39 Å². The predicted octanol–water partition coefficient (Wildman–Crippen LogP) is 4.52. The van der Waals surface area contributed by atoms with E-state index in [1.54, 1.807) is 23.5 Å². The van der Waals surface area contributed by atoms with Crippen LogP contribution in [0, 0.1) is 12.7 Å². The summed E-state index contributed by atoms with van der Waals surface area (Å²) in [5.74, 6) is -0.229. The fraction of sp³-hybridized carbons (Fsp3) is 0.0909. The first-order chi connectivity index (χ1) is 6.66. The van der Waals surface area contributed by atoms with Crippen LogP contribution in [0.2, 0.25) is 5.02 Å². The molecule has 1 aromatic heterocycles. The van der Waals surface area contributed by atoms with Gasteiger partial charge in [-0.15, -0.1) is 11.3 Å². The van der Waals surface area contributed by atoms with E-state index in [9.17, 15) is 4.39 Å². The summed E-state index contributed by atoms with van der Waals surface area (Å²) >= 11 is 7.41. The summed E-state index contributed by atoms with van der Waals surface area (Å²) in [4.78, 5) is 1.17. The molecule has 0 amide bonds. The number of hydrogen-bond acceptors (Lipinski definition) is 1. The van der Waals surface area contributed by atoms with Gasteiger partial charge in [-0.25, -0.2) is 4.39 Å². The third-order valence-corrected chi connectivity index (χ3v) is 3.07. The van der Waals surface area contributed by atoms with E-state index in [2.05, 4.69) is 0 Å². The minimum absolute atomic E-state index is 0.229. The second-order valence-electron chi connectivity index (χ2n) is 3.07. The topological polar surface area (TPSA) is 0 Å². The van der Waals surface area contributed by atoms with Gasteiger partial charge in [0.25, 0.3) is 0 Å². The molecule has 0 bridgehead atoms. The molecule has 0 unspecified atom stereocenters. The Balaban J connectivity index is 2.55. The average molecular weight is 227 g/mol. The quantitative estimate of drug-likeness (QED) is 0.671. The van der Waals surface area contributed by atoms with Crippen LogP contribution in [0.4, 0.5) is 4.39 Å². The van der Waals surface area contributed by atoms with Gasteiger partial charge < -0.3 is 0 Å². The van der Waals surface area contributed by atoms with Gasteiger partial charge >= 0.3 is 0 Å². The number of hydrogen-bond donors (Lipinski definition) is 0. The van der Waals surface area contributed by atoms with E-state index in [0.29, 0.717) is 10.6 Å². The van der Waals surface area contributed by atoms with Crippen LogP contribution in [0.3, 0.4) is 0 Å². The summed E-state index contributed by atoms with van der Waals surface area (Å²) < 4.78 is 13.4. The lowest BCUT2D eigenvalue weighted by molar-refractivity contribution is 0.631. The second-order valence-corrected chi connectivity index (χ2v) is 4.62. The average Bonchev–Trinajstić information content (AvgIpc) is 2.56. The molecule has 0 spiro atoms. The maximum atomic E-state index is 13.4. The predicted molar refractivity (Wildman–Crippen MR) is 59.5 cm³/mol. The molecule has 0 radical (unpaired) electrons. The first-order valence-corrected chi connectivity index (χ1v) is 5.43. The first-order valence-electron chi connectivity index (χ1n) is 4.17. The molecule has 0 aliphatic carbocycles. The van der Waals surface area contributed by atoms with Gasteiger partial charge in [-0.3, -0.25) is 0 Å². The molecule has 2 aromatic rings. The zero-order valence-electron chi connectivity index (χ0n) is 7.55. The Morgan fingerprint density at radius 2 is 2.07 bits per heavy atom. The van der Waals surface area contributed by atoms with Gasteiger partial charge in [0.05, 0.1) is 0 Å². The smallest absolute Gasteiger partial charge is 0.131 e. The fourth-order valence-electron chi connectivity index (χ4n) is 1.30. The van der Waals surface area contributed by atoms with Crippen LogP contribution in [-0.4, -0.2) is 0 Å². The molecular weight excluding hydrogens is 219 g/mol. The van der Waals surface area contributed by atoms with Crippen LogP contribution < -0.4 is 0 Å². The van der Waals surface area contributed by atoms with Crippen molar-refractivity contribution in [1.29, 1.82) is 0 Å². The van der Waals surface area contributed by atoms with Gasteiger partial charge in [-0.05, 0) is 42.1 Å². The highest BCUT2D eigenvalue weighted by molar-refractivity contribution is 7.10. The third kappa shape index (κ3) is 1.81. The van der Waals surface area contributed by atoms with Gasteiger partial charge in [0.2, 0.25) is 0 Å². The number of benzene rings is 1. The summed E-state index contributed by atoms with van der Waals surface area (Å²) in [7, 11) is 0. The van der Waals surface area contributed by atoms with Gasteiger partial charge in [0.15, 0.2) is 0 Å². The highest BCUT2D eigenvalue weighted by atomic mass is 35.5. The van der Waals surface area contributed by atoms with Crippen LogP contribution in [-0.2, 0) is 0 Å². The fourth-order valence-corrected chi connectivity index (χ4v) is 2.18. The van der Waals surface area contributed by atoms with Crippen molar-refractivity contribution in [2.24, 2.45) is 0 Å². The molecule has 1 aromatic carbocycles. The SMILES string of the molecule is Cc1cc(-c2cc(Cl)ccc2F)cs1. The Bertz CT molecular complexity index is 462. The lowest BCUT2D eigenvalue weighted by Crippen LogP contribution is -1.81. The summed E-state index contributed by atoms with van der Waals surface area (Å²) in [6, 6.07) is 6.56. The van der Waals surface area contributed by atoms with E-state index in [0.717, 1.165) is 5.56 Å². The van der Waals surface area contributed by atoms with Crippen molar-refractivity contribution in [2.75, 3.05) is 0 Å². The van der Waals surface area contributed by atoms with E-state index >= 15 is 0 Å². The molecule has 0 atom stereocenters. The highest BCUT2D eigenvalue weighted by Crippen LogP contribution is 2.29. The van der Waals surface area contributed by atoms with Crippen LogP contribution >= 0.6 is 22.9 Å². The maximum Gasteiger partial charge on any atom is 0.131 e. The molecule has 0 aliphatic heterocycles. The summed E-state index contributed by atoms with van der Waals surface area (Å²) in [6.45, 7) is 2.00. The molecule has 0 fully saturated rings. The molecule has 3 heteroatoms. The van der Waals surface area contributed by atoms with Gasteiger partial charge in [0.1, 0.15) is 5.82 Å². The van der Waals surface area contributed by atoms with Crippen LogP contribution in [0.5, 0.6) is 0 Å². The van der Waals surface area contributed by atoms with E-state index in [-0.39, 0.29) is 5.82 Å². The molecular formula is C11H8ClFS. The lowest BCUT2D eigenvalue weighted by atomic mass is 10.1. The molecule has 72 valence electrons. The zero-order valence-corrected chi connectivity index (χ0v) is 9.12. The van der Waals surface area contributed by atoms with Crippen molar-refractivity contribution in [3.05, 3.63) is 45.4 Å². The van der Waals surface area contributed by atoms with Crippen LogP contribution in [0.25, 0.3) is 11.1 Å². The first kappa shape index (κ1) is 9.69. The van der Waals surface area contributed by atoms with Crippen LogP contribution in [0.15, 0.2) is 29.6 Å². The summed E-state index contributed by atoms with van der Waals surface area (Å²) in [6.07, 6.45) is 0.